The zero-order chi connectivity index (χ0) is 14.7. The van der Waals surface area contributed by atoms with E-state index in [4.69, 9.17) is 0 Å². The van der Waals surface area contributed by atoms with Crippen molar-refractivity contribution in [3.63, 3.8) is 0 Å². The quantitative estimate of drug-likeness (QED) is 0.906. The summed E-state index contributed by atoms with van der Waals surface area (Å²) < 4.78 is 26.9. The Balaban J connectivity index is 2.52. The number of benzene rings is 2. The molecule has 0 spiro atoms. The van der Waals surface area contributed by atoms with Gasteiger partial charge in [0.25, 0.3) is 0 Å². The normalized spacial score (nSPS) is 12.2. The maximum Gasteiger partial charge on any atom is 0.131 e. The molecule has 1 N–H and O–H groups in total. The number of hydrogen-bond acceptors (Lipinski definition) is 2. The van der Waals surface area contributed by atoms with Gasteiger partial charge in [0.2, 0.25) is 0 Å². The highest BCUT2D eigenvalue weighted by Gasteiger charge is 2.18. The van der Waals surface area contributed by atoms with E-state index in [1.165, 1.54) is 25.1 Å². The topological polar surface area (TPSA) is 23.5 Å². The number of aliphatic hydroxyl groups is 1. The molecule has 0 aliphatic rings. The highest BCUT2D eigenvalue weighted by atomic mass is 19.1. The predicted octanol–water partition coefficient (Wildman–Crippen LogP) is 4.18. The van der Waals surface area contributed by atoms with Gasteiger partial charge < -0.3 is 10.0 Å². The van der Waals surface area contributed by atoms with E-state index < -0.39 is 11.9 Å². The minimum absolute atomic E-state index is 0.249. The van der Waals surface area contributed by atoms with Crippen molar-refractivity contribution in [2.45, 2.75) is 20.0 Å². The number of halogens is 2. The third-order valence-corrected chi connectivity index (χ3v) is 3.19. The minimum atomic E-state index is -0.916. The van der Waals surface area contributed by atoms with Crippen LogP contribution in [0, 0.1) is 11.6 Å². The number of anilines is 2. The molecule has 0 aromatic heterocycles. The van der Waals surface area contributed by atoms with Crippen LogP contribution in [0.5, 0.6) is 0 Å². The second-order valence-electron chi connectivity index (χ2n) is 4.57. The molecule has 1 unspecified atom stereocenters. The van der Waals surface area contributed by atoms with Crippen molar-refractivity contribution in [2.75, 3.05) is 11.4 Å². The van der Waals surface area contributed by atoms with Gasteiger partial charge in [-0.1, -0.05) is 6.07 Å². The van der Waals surface area contributed by atoms with E-state index in [0.29, 0.717) is 12.2 Å². The smallest absolute Gasteiger partial charge is 0.131 e. The average Bonchev–Trinajstić information content (AvgIpc) is 2.41. The van der Waals surface area contributed by atoms with Crippen molar-refractivity contribution >= 4 is 11.4 Å². The molecular weight excluding hydrogens is 260 g/mol. The van der Waals surface area contributed by atoms with E-state index in [0.717, 1.165) is 5.69 Å². The van der Waals surface area contributed by atoms with Gasteiger partial charge in [-0.15, -0.1) is 0 Å². The average molecular weight is 277 g/mol. The second-order valence-corrected chi connectivity index (χ2v) is 4.57. The van der Waals surface area contributed by atoms with Gasteiger partial charge in [0, 0.05) is 23.5 Å². The van der Waals surface area contributed by atoms with E-state index in [1.54, 1.807) is 24.3 Å². The number of aliphatic hydroxyl groups excluding tert-OH is 1. The number of hydrogen-bond donors (Lipinski definition) is 1. The van der Waals surface area contributed by atoms with Gasteiger partial charge in [0.05, 0.1) is 6.10 Å². The largest absolute Gasteiger partial charge is 0.389 e. The molecule has 0 radical (unpaired) electrons. The lowest BCUT2D eigenvalue weighted by atomic mass is 10.1. The Hall–Kier alpha value is -1.94. The van der Waals surface area contributed by atoms with E-state index >= 15 is 0 Å². The maximum atomic E-state index is 13.9. The summed E-state index contributed by atoms with van der Waals surface area (Å²) >= 11 is 0. The Morgan fingerprint density at radius 2 is 1.75 bits per heavy atom. The van der Waals surface area contributed by atoms with Gasteiger partial charge in [-0.05, 0) is 50.2 Å². The molecule has 0 saturated heterocycles. The van der Waals surface area contributed by atoms with Crippen LogP contribution in [-0.4, -0.2) is 11.7 Å². The van der Waals surface area contributed by atoms with Gasteiger partial charge in [0.1, 0.15) is 11.6 Å². The number of rotatable bonds is 4. The summed E-state index contributed by atoms with van der Waals surface area (Å²) in [5, 5.41) is 9.79. The first-order valence-electron chi connectivity index (χ1n) is 6.54. The molecule has 106 valence electrons. The Morgan fingerprint density at radius 3 is 2.30 bits per heavy atom. The molecule has 0 aliphatic carbocycles. The molecule has 1 atom stereocenters. The molecule has 0 amide bonds. The summed E-state index contributed by atoms with van der Waals surface area (Å²) in [7, 11) is 0. The van der Waals surface area contributed by atoms with Gasteiger partial charge in [-0.3, -0.25) is 0 Å². The fraction of sp³-hybridized carbons (Fsp3) is 0.250. The van der Waals surface area contributed by atoms with Crippen molar-refractivity contribution in [3.05, 3.63) is 59.7 Å². The van der Waals surface area contributed by atoms with Gasteiger partial charge in [0.15, 0.2) is 0 Å². The molecular formula is C16H17F2NO. The Bertz CT molecular complexity index is 582. The molecule has 0 heterocycles. The van der Waals surface area contributed by atoms with Crippen LogP contribution in [0.25, 0.3) is 0 Å². The van der Waals surface area contributed by atoms with Gasteiger partial charge in [-0.25, -0.2) is 8.78 Å². The van der Waals surface area contributed by atoms with E-state index in [9.17, 15) is 13.9 Å². The molecule has 0 aliphatic heterocycles. The molecule has 2 aromatic carbocycles. The first kappa shape index (κ1) is 14.5. The fourth-order valence-electron chi connectivity index (χ4n) is 2.29. The van der Waals surface area contributed by atoms with Crippen molar-refractivity contribution in [2.24, 2.45) is 0 Å². The van der Waals surface area contributed by atoms with E-state index in [1.807, 2.05) is 11.8 Å². The lowest BCUT2D eigenvalue weighted by molar-refractivity contribution is 0.194. The Labute approximate surface area is 117 Å². The zero-order valence-electron chi connectivity index (χ0n) is 11.5. The molecule has 0 saturated carbocycles. The molecule has 2 rings (SSSR count). The van der Waals surface area contributed by atoms with Crippen molar-refractivity contribution < 1.29 is 13.9 Å². The van der Waals surface area contributed by atoms with Crippen molar-refractivity contribution in [1.29, 1.82) is 0 Å². The van der Waals surface area contributed by atoms with Crippen LogP contribution in [0.3, 0.4) is 0 Å². The van der Waals surface area contributed by atoms with Gasteiger partial charge >= 0.3 is 0 Å². The highest BCUT2D eigenvalue weighted by molar-refractivity contribution is 5.67. The Kier molecular flexibility index (Phi) is 4.35. The monoisotopic (exact) mass is 277 g/mol. The summed E-state index contributed by atoms with van der Waals surface area (Å²) in [5.74, 6) is -0.766. The first-order valence-corrected chi connectivity index (χ1v) is 6.54. The van der Waals surface area contributed by atoms with Crippen LogP contribution in [0.1, 0.15) is 25.5 Å². The van der Waals surface area contributed by atoms with Crippen LogP contribution in [0.15, 0.2) is 42.5 Å². The Morgan fingerprint density at radius 1 is 1.10 bits per heavy atom. The van der Waals surface area contributed by atoms with Crippen LogP contribution >= 0.6 is 0 Å². The summed E-state index contributed by atoms with van der Waals surface area (Å²) in [6, 6.07) is 10.7. The molecule has 0 bridgehead atoms. The third kappa shape index (κ3) is 2.80. The molecule has 4 heteroatoms. The van der Waals surface area contributed by atoms with Gasteiger partial charge in [-0.2, -0.15) is 0 Å². The van der Waals surface area contributed by atoms with Crippen LogP contribution in [0.4, 0.5) is 20.2 Å². The fourth-order valence-corrected chi connectivity index (χ4v) is 2.29. The third-order valence-electron chi connectivity index (χ3n) is 3.19. The van der Waals surface area contributed by atoms with E-state index in [2.05, 4.69) is 0 Å². The highest BCUT2D eigenvalue weighted by Crippen LogP contribution is 2.33. The van der Waals surface area contributed by atoms with Crippen molar-refractivity contribution in [3.8, 4) is 0 Å². The van der Waals surface area contributed by atoms with E-state index in [-0.39, 0.29) is 11.4 Å². The molecule has 2 nitrogen and oxygen atoms in total. The second kappa shape index (κ2) is 6.01. The predicted molar refractivity (Wildman–Crippen MR) is 76.1 cm³/mol. The summed E-state index contributed by atoms with van der Waals surface area (Å²) in [5.41, 5.74) is 1.59. The zero-order valence-corrected chi connectivity index (χ0v) is 11.5. The molecule has 2 aromatic rings. The minimum Gasteiger partial charge on any atom is -0.389 e. The lowest BCUT2D eigenvalue weighted by Crippen LogP contribution is -2.19. The summed E-state index contributed by atoms with van der Waals surface area (Å²) in [6.45, 7) is 4.02. The van der Waals surface area contributed by atoms with Crippen LogP contribution in [0.2, 0.25) is 0 Å². The SMILES string of the molecule is CCN(c1ccc(F)cc1)c1cccc(F)c1C(C)O. The summed E-state index contributed by atoms with van der Waals surface area (Å²) in [6.07, 6.45) is -0.916. The van der Waals surface area contributed by atoms with Crippen molar-refractivity contribution in [1.82, 2.24) is 0 Å². The standard InChI is InChI=1S/C16H17F2NO/c1-3-19(13-9-7-12(17)8-10-13)15-6-4-5-14(18)16(15)11(2)20/h4-11,20H,3H2,1-2H3. The first-order chi connectivity index (χ1) is 9.54. The number of nitrogens with zero attached hydrogens (tertiary/aromatic N) is 1. The summed E-state index contributed by atoms with van der Waals surface area (Å²) in [4.78, 5) is 1.84. The molecule has 0 fully saturated rings. The van der Waals surface area contributed by atoms with Crippen LogP contribution < -0.4 is 4.90 Å². The molecule has 20 heavy (non-hydrogen) atoms. The maximum absolute atomic E-state index is 13.9. The lowest BCUT2D eigenvalue weighted by Gasteiger charge is -2.27. The van der Waals surface area contributed by atoms with Crippen LogP contribution in [-0.2, 0) is 0 Å².